The Morgan fingerprint density at radius 3 is 2.58 bits per heavy atom. The molecule has 0 saturated carbocycles. The highest BCUT2D eigenvalue weighted by molar-refractivity contribution is 5.81. The summed E-state index contributed by atoms with van der Waals surface area (Å²) in [6, 6.07) is 3.73. The normalized spacial score (nSPS) is 18.1. The van der Waals surface area contributed by atoms with Gasteiger partial charge in [0.25, 0.3) is 0 Å². The Hall–Kier alpha value is -1.82. The van der Waals surface area contributed by atoms with E-state index in [4.69, 9.17) is 5.73 Å². The van der Waals surface area contributed by atoms with E-state index in [2.05, 4.69) is 20.1 Å². The van der Waals surface area contributed by atoms with Gasteiger partial charge in [0.15, 0.2) is 0 Å². The summed E-state index contributed by atoms with van der Waals surface area (Å²) in [5.41, 5.74) is 6.67. The summed E-state index contributed by atoms with van der Waals surface area (Å²) in [6.07, 6.45) is 1.80. The summed E-state index contributed by atoms with van der Waals surface area (Å²) < 4.78 is 0. The maximum atomic E-state index is 11.6. The highest BCUT2D eigenvalue weighted by Crippen LogP contribution is 2.17. The Morgan fingerprint density at radius 2 is 2.05 bits per heavy atom. The first kappa shape index (κ1) is 13.6. The van der Waals surface area contributed by atoms with Crippen molar-refractivity contribution in [1.29, 1.82) is 0 Å². The number of likely N-dealkylation sites (N-methyl/N-ethyl adjacent to an activating group) is 1. The number of nitrogens with one attached hydrogen (secondary N) is 1. The van der Waals surface area contributed by atoms with Crippen LogP contribution >= 0.6 is 0 Å². The van der Waals surface area contributed by atoms with Crippen LogP contribution in [0.3, 0.4) is 0 Å². The van der Waals surface area contributed by atoms with E-state index in [-0.39, 0.29) is 11.9 Å². The van der Waals surface area contributed by atoms with E-state index in [1.165, 1.54) is 0 Å². The van der Waals surface area contributed by atoms with E-state index in [9.17, 15) is 4.79 Å². The Bertz CT molecular complexity index is 425. The summed E-state index contributed by atoms with van der Waals surface area (Å²) in [5, 5.41) is 2.69. The molecular weight excluding hydrogens is 242 g/mol. The number of nitrogens with zero attached hydrogens (tertiary/aromatic N) is 3. The van der Waals surface area contributed by atoms with Crippen molar-refractivity contribution in [2.75, 3.05) is 43.9 Å². The van der Waals surface area contributed by atoms with Gasteiger partial charge in [-0.25, -0.2) is 4.98 Å². The summed E-state index contributed by atoms with van der Waals surface area (Å²) >= 11 is 0. The van der Waals surface area contributed by atoms with Crippen LogP contribution in [0.4, 0.5) is 11.5 Å². The van der Waals surface area contributed by atoms with Crippen LogP contribution in [0.25, 0.3) is 0 Å². The van der Waals surface area contributed by atoms with Gasteiger partial charge in [-0.3, -0.25) is 9.69 Å². The van der Waals surface area contributed by atoms with Crippen molar-refractivity contribution < 1.29 is 4.79 Å². The average Bonchev–Trinajstić information content (AvgIpc) is 2.46. The van der Waals surface area contributed by atoms with Gasteiger partial charge in [-0.05, 0) is 19.1 Å². The number of carbonyl (C=O) groups excluding carboxylic acids is 1. The average molecular weight is 263 g/mol. The maximum absolute atomic E-state index is 11.6. The molecule has 3 N–H and O–H groups in total. The van der Waals surface area contributed by atoms with Crippen molar-refractivity contribution in [2.45, 2.75) is 13.0 Å². The van der Waals surface area contributed by atoms with Crippen molar-refractivity contribution in [2.24, 2.45) is 0 Å². The van der Waals surface area contributed by atoms with Crippen molar-refractivity contribution in [3.8, 4) is 0 Å². The van der Waals surface area contributed by atoms with Crippen LogP contribution in [-0.4, -0.2) is 55.1 Å². The molecule has 19 heavy (non-hydrogen) atoms. The number of nitrogens with two attached hydrogens (primary N) is 1. The molecule has 1 atom stereocenters. The number of pyridine rings is 1. The molecule has 1 aliphatic rings. The molecule has 1 aromatic rings. The highest BCUT2D eigenvalue weighted by Gasteiger charge is 2.24. The lowest BCUT2D eigenvalue weighted by atomic mass is 10.2. The fourth-order valence-corrected chi connectivity index (χ4v) is 2.33. The minimum atomic E-state index is -0.0725. The number of aromatic nitrogens is 1. The molecule has 0 radical (unpaired) electrons. The molecule has 1 saturated heterocycles. The molecule has 1 unspecified atom stereocenters. The number of amides is 1. The topological polar surface area (TPSA) is 74.5 Å². The molecule has 1 fully saturated rings. The zero-order chi connectivity index (χ0) is 13.8. The minimum Gasteiger partial charge on any atom is -0.384 e. The van der Waals surface area contributed by atoms with Gasteiger partial charge in [-0.2, -0.15) is 0 Å². The number of hydrogen-bond donors (Lipinski definition) is 2. The minimum absolute atomic E-state index is 0.0719. The van der Waals surface area contributed by atoms with Crippen LogP contribution in [0.15, 0.2) is 18.3 Å². The van der Waals surface area contributed by atoms with Crippen LogP contribution in [-0.2, 0) is 4.79 Å². The zero-order valence-corrected chi connectivity index (χ0v) is 11.5. The highest BCUT2D eigenvalue weighted by atomic mass is 16.2. The van der Waals surface area contributed by atoms with Gasteiger partial charge in [-0.15, -0.1) is 0 Å². The van der Waals surface area contributed by atoms with Crippen molar-refractivity contribution in [1.82, 2.24) is 15.2 Å². The number of rotatable bonds is 3. The number of hydrogen-bond acceptors (Lipinski definition) is 5. The molecule has 1 aliphatic heterocycles. The second kappa shape index (κ2) is 5.88. The Labute approximate surface area is 113 Å². The number of nitrogen functional groups attached to an aromatic ring is 1. The Kier molecular flexibility index (Phi) is 4.21. The second-order valence-electron chi connectivity index (χ2n) is 4.75. The third-order valence-electron chi connectivity index (χ3n) is 3.62. The van der Waals surface area contributed by atoms with E-state index in [1.807, 2.05) is 19.1 Å². The molecule has 1 amide bonds. The molecule has 1 aromatic heterocycles. The first-order valence-electron chi connectivity index (χ1n) is 6.54. The van der Waals surface area contributed by atoms with E-state index < -0.39 is 0 Å². The second-order valence-corrected chi connectivity index (χ2v) is 4.75. The molecule has 0 aliphatic carbocycles. The van der Waals surface area contributed by atoms with Gasteiger partial charge in [0.05, 0.1) is 17.9 Å². The predicted molar refractivity (Wildman–Crippen MR) is 76.0 cm³/mol. The van der Waals surface area contributed by atoms with E-state index in [0.29, 0.717) is 5.82 Å². The standard InChI is InChI=1S/C13H21N5O/c1-10(13(19)15-2)17-5-7-18(8-6-17)11-3-4-12(14)16-9-11/h3-4,9-10H,5-8H2,1-2H3,(H2,14,16)(H,15,19). The van der Waals surface area contributed by atoms with Crippen LogP contribution in [0.2, 0.25) is 0 Å². The number of piperazine rings is 1. The smallest absolute Gasteiger partial charge is 0.236 e. The van der Waals surface area contributed by atoms with E-state index in [0.717, 1.165) is 31.9 Å². The quantitative estimate of drug-likeness (QED) is 0.798. The van der Waals surface area contributed by atoms with Gasteiger partial charge < -0.3 is 16.0 Å². The molecule has 2 heterocycles. The predicted octanol–water partition coefficient (Wildman–Crippen LogP) is -0.0797. The van der Waals surface area contributed by atoms with Gasteiger partial charge in [0.1, 0.15) is 5.82 Å². The lowest BCUT2D eigenvalue weighted by Crippen LogP contribution is -2.53. The van der Waals surface area contributed by atoms with E-state index in [1.54, 1.807) is 13.2 Å². The maximum Gasteiger partial charge on any atom is 0.236 e. The lowest BCUT2D eigenvalue weighted by Gasteiger charge is -2.38. The first-order valence-corrected chi connectivity index (χ1v) is 6.54. The van der Waals surface area contributed by atoms with Gasteiger partial charge >= 0.3 is 0 Å². The third kappa shape index (κ3) is 3.14. The Balaban J connectivity index is 1.92. The van der Waals surface area contributed by atoms with Crippen molar-refractivity contribution in [3.63, 3.8) is 0 Å². The largest absolute Gasteiger partial charge is 0.384 e. The van der Waals surface area contributed by atoms with Gasteiger partial charge in [0, 0.05) is 33.2 Å². The van der Waals surface area contributed by atoms with Crippen LogP contribution < -0.4 is 16.0 Å². The summed E-state index contributed by atoms with van der Waals surface area (Å²) in [4.78, 5) is 20.2. The van der Waals surface area contributed by atoms with Crippen molar-refractivity contribution in [3.05, 3.63) is 18.3 Å². The number of anilines is 2. The molecule has 2 rings (SSSR count). The fraction of sp³-hybridized carbons (Fsp3) is 0.538. The monoisotopic (exact) mass is 263 g/mol. The summed E-state index contributed by atoms with van der Waals surface area (Å²) in [5.74, 6) is 0.609. The molecule has 0 bridgehead atoms. The third-order valence-corrected chi connectivity index (χ3v) is 3.62. The summed E-state index contributed by atoms with van der Waals surface area (Å²) in [7, 11) is 1.68. The summed E-state index contributed by atoms with van der Waals surface area (Å²) in [6.45, 7) is 5.48. The van der Waals surface area contributed by atoms with Crippen LogP contribution in [0.1, 0.15) is 6.92 Å². The van der Waals surface area contributed by atoms with E-state index >= 15 is 0 Å². The molecular formula is C13H21N5O. The van der Waals surface area contributed by atoms with Gasteiger partial charge in [-0.1, -0.05) is 0 Å². The zero-order valence-electron chi connectivity index (χ0n) is 11.5. The molecule has 0 spiro atoms. The van der Waals surface area contributed by atoms with Crippen molar-refractivity contribution >= 4 is 17.4 Å². The van der Waals surface area contributed by atoms with Crippen LogP contribution in [0.5, 0.6) is 0 Å². The molecule has 6 heteroatoms. The first-order chi connectivity index (χ1) is 9.11. The number of carbonyl (C=O) groups is 1. The Morgan fingerprint density at radius 1 is 1.37 bits per heavy atom. The van der Waals surface area contributed by atoms with Crippen LogP contribution in [0, 0.1) is 0 Å². The van der Waals surface area contributed by atoms with Gasteiger partial charge in [0.2, 0.25) is 5.91 Å². The molecule has 0 aromatic carbocycles. The molecule has 6 nitrogen and oxygen atoms in total. The molecule has 104 valence electrons. The lowest BCUT2D eigenvalue weighted by molar-refractivity contribution is -0.125. The fourth-order valence-electron chi connectivity index (χ4n) is 2.33. The SMILES string of the molecule is CNC(=O)C(C)N1CCN(c2ccc(N)nc2)CC1.